The molecule has 1 N–H and O–H groups in total. The zero-order chi connectivity index (χ0) is 12.4. The van der Waals surface area contributed by atoms with Gasteiger partial charge in [-0.1, -0.05) is 17.2 Å². The third-order valence-corrected chi connectivity index (χ3v) is 3.23. The Morgan fingerprint density at radius 3 is 2.44 bits per heavy atom. The predicted octanol–water partition coefficient (Wildman–Crippen LogP) is 2.16. The van der Waals surface area contributed by atoms with E-state index in [0.717, 1.165) is 36.3 Å². The Balaban J connectivity index is 0.00000162. The topological polar surface area (TPSA) is 32.3 Å². The van der Waals surface area contributed by atoms with Crippen molar-refractivity contribution in [1.29, 1.82) is 0 Å². The normalized spacial score (nSPS) is 19.3. The minimum Gasteiger partial charge on any atom is -0.333 e. The van der Waals surface area contributed by atoms with Crippen molar-refractivity contribution in [2.45, 2.75) is 26.8 Å². The van der Waals surface area contributed by atoms with Gasteiger partial charge >= 0.3 is 0 Å². The predicted molar refractivity (Wildman–Crippen MR) is 76.5 cm³/mol. The number of benzene rings is 1. The molecule has 3 nitrogen and oxygen atoms in total. The highest BCUT2D eigenvalue weighted by molar-refractivity contribution is 5.95. The molecule has 0 aliphatic carbocycles. The van der Waals surface area contributed by atoms with E-state index < -0.39 is 0 Å². The van der Waals surface area contributed by atoms with Crippen LogP contribution in [0.1, 0.15) is 28.4 Å². The lowest BCUT2D eigenvalue weighted by atomic mass is 10.1. The number of hydrogen-bond acceptors (Lipinski definition) is 2. The van der Waals surface area contributed by atoms with Gasteiger partial charge in [0.15, 0.2) is 0 Å². The highest BCUT2D eigenvalue weighted by atomic mass is 35.5. The van der Waals surface area contributed by atoms with Crippen molar-refractivity contribution in [2.24, 2.45) is 0 Å². The Labute approximate surface area is 115 Å². The number of aryl methyl sites for hydroxylation is 2. The van der Waals surface area contributed by atoms with Crippen molar-refractivity contribution in [3.05, 3.63) is 34.9 Å². The quantitative estimate of drug-likeness (QED) is 0.847. The second kappa shape index (κ2) is 6.21. The number of halogens is 1. The Morgan fingerprint density at radius 2 is 1.89 bits per heavy atom. The van der Waals surface area contributed by atoms with Crippen LogP contribution in [0.5, 0.6) is 0 Å². The van der Waals surface area contributed by atoms with Crippen LogP contribution >= 0.6 is 12.4 Å². The number of carbonyl (C=O) groups is 1. The van der Waals surface area contributed by atoms with Crippen LogP contribution in [0.25, 0.3) is 0 Å². The van der Waals surface area contributed by atoms with Gasteiger partial charge in [-0.3, -0.25) is 4.79 Å². The summed E-state index contributed by atoms with van der Waals surface area (Å²) >= 11 is 0. The third-order valence-electron chi connectivity index (χ3n) is 3.23. The molecule has 1 aromatic carbocycles. The van der Waals surface area contributed by atoms with Crippen LogP contribution in [0, 0.1) is 13.8 Å². The van der Waals surface area contributed by atoms with Gasteiger partial charge in [-0.25, -0.2) is 0 Å². The van der Waals surface area contributed by atoms with Crippen LogP contribution in [0.4, 0.5) is 0 Å². The Bertz CT molecular complexity index is 414. The van der Waals surface area contributed by atoms with E-state index in [0.29, 0.717) is 0 Å². The smallest absolute Gasteiger partial charge is 0.254 e. The van der Waals surface area contributed by atoms with Crippen LogP contribution in [0.15, 0.2) is 18.2 Å². The molecule has 0 saturated carbocycles. The van der Waals surface area contributed by atoms with Gasteiger partial charge in [0.25, 0.3) is 5.91 Å². The van der Waals surface area contributed by atoms with Gasteiger partial charge in [0.05, 0.1) is 0 Å². The standard InChI is InChI=1S/C14H20N2O.ClH/c1-10-6-11(2)8-13(7-10)14(17)16-5-4-15-9-12(16)3;/h6-8,12,15H,4-5,9H2,1-3H3;1H. The summed E-state index contributed by atoms with van der Waals surface area (Å²) in [5.41, 5.74) is 3.11. The van der Waals surface area contributed by atoms with E-state index in [4.69, 9.17) is 0 Å². The number of carbonyl (C=O) groups excluding carboxylic acids is 1. The van der Waals surface area contributed by atoms with Gasteiger partial charge < -0.3 is 10.2 Å². The number of amides is 1. The van der Waals surface area contributed by atoms with Gasteiger partial charge in [0.1, 0.15) is 0 Å². The average molecular weight is 269 g/mol. The second-order valence-corrected chi connectivity index (χ2v) is 4.93. The van der Waals surface area contributed by atoms with Crippen LogP contribution in [-0.2, 0) is 0 Å². The van der Waals surface area contributed by atoms with E-state index in [2.05, 4.69) is 18.3 Å². The van der Waals surface area contributed by atoms with E-state index in [-0.39, 0.29) is 24.4 Å². The Hall–Kier alpha value is -1.06. The van der Waals surface area contributed by atoms with Gasteiger partial charge in [-0.05, 0) is 32.9 Å². The van der Waals surface area contributed by atoms with Crippen molar-refractivity contribution < 1.29 is 4.79 Å². The first kappa shape index (κ1) is 15.0. The van der Waals surface area contributed by atoms with Crippen molar-refractivity contribution in [1.82, 2.24) is 10.2 Å². The molecule has 1 unspecified atom stereocenters. The van der Waals surface area contributed by atoms with Crippen LogP contribution in [0.2, 0.25) is 0 Å². The van der Waals surface area contributed by atoms with Crippen molar-refractivity contribution >= 4 is 18.3 Å². The largest absolute Gasteiger partial charge is 0.333 e. The summed E-state index contributed by atoms with van der Waals surface area (Å²) in [6, 6.07) is 6.32. The van der Waals surface area contributed by atoms with Crippen LogP contribution in [0.3, 0.4) is 0 Å². The molecule has 100 valence electrons. The molecule has 1 amide bonds. The lowest BCUT2D eigenvalue weighted by molar-refractivity contribution is 0.0655. The molecule has 1 aliphatic rings. The maximum absolute atomic E-state index is 12.4. The van der Waals surface area contributed by atoms with Crippen molar-refractivity contribution in [3.63, 3.8) is 0 Å². The zero-order valence-corrected chi connectivity index (χ0v) is 12.0. The van der Waals surface area contributed by atoms with Crippen LogP contribution in [-0.4, -0.2) is 36.5 Å². The summed E-state index contributed by atoms with van der Waals surface area (Å²) in [6.07, 6.45) is 0. The highest BCUT2D eigenvalue weighted by Gasteiger charge is 2.23. The molecular formula is C14H21ClN2O. The van der Waals surface area contributed by atoms with E-state index in [1.165, 1.54) is 0 Å². The van der Waals surface area contributed by atoms with Crippen molar-refractivity contribution in [3.8, 4) is 0 Å². The number of nitrogens with zero attached hydrogens (tertiary/aromatic N) is 1. The number of rotatable bonds is 1. The molecule has 2 rings (SSSR count). The summed E-state index contributed by atoms with van der Waals surface area (Å²) in [4.78, 5) is 14.4. The Kier molecular flexibility index (Phi) is 5.17. The first-order valence-corrected chi connectivity index (χ1v) is 6.18. The second-order valence-electron chi connectivity index (χ2n) is 4.93. The van der Waals surface area contributed by atoms with E-state index in [1.807, 2.05) is 30.9 Å². The molecule has 0 aromatic heterocycles. The molecule has 1 heterocycles. The first-order valence-electron chi connectivity index (χ1n) is 6.18. The molecule has 18 heavy (non-hydrogen) atoms. The number of nitrogens with one attached hydrogen (secondary N) is 1. The lowest BCUT2D eigenvalue weighted by Gasteiger charge is -2.34. The fourth-order valence-electron chi connectivity index (χ4n) is 2.41. The summed E-state index contributed by atoms with van der Waals surface area (Å²) in [7, 11) is 0. The summed E-state index contributed by atoms with van der Waals surface area (Å²) in [5.74, 6) is 0.158. The molecular weight excluding hydrogens is 248 g/mol. The monoisotopic (exact) mass is 268 g/mol. The highest BCUT2D eigenvalue weighted by Crippen LogP contribution is 2.14. The minimum atomic E-state index is 0. The maximum atomic E-state index is 12.4. The molecule has 0 spiro atoms. The summed E-state index contributed by atoms with van der Waals surface area (Å²) < 4.78 is 0. The molecule has 0 bridgehead atoms. The summed E-state index contributed by atoms with van der Waals surface area (Å²) in [6.45, 7) is 8.73. The van der Waals surface area contributed by atoms with Crippen LogP contribution < -0.4 is 5.32 Å². The van der Waals surface area contributed by atoms with E-state index in [9.17, 15) is 4.79 Å². The molecule has 1 fully saturated rings. The zero-order valence-electron chi connectivity index (χ0n) is 11.2. The SMILES string of the molecule is Cc1cc(C)cc(C(=O)N2CCNCC2C)c1.Cl. The third kappa shape index (κ3) is 3.24. The fraction of sp³-hybridized carbons (Fsp3) is 0.500. The first-order chi connectivity index (χ1) is 8.08. The number of hydrogen-bond donors (Lipinski definition) is 1. The molecule has 0 radical (unpaired) electrons. The fourth-order valence-corrected chi connectivity index (χ4v) is 2.41. The van der Waals surface area contributed by atoms with E-state index >= 15 is 0 Å². The van der Waals surface area contributed by atoms with Crippen molar-refractivity contribution in [2.75, 3.05) is 19.6 Å². The van der Waals surface area contributed by atoms with Gasteiger partial charge in [0, 0.05) is 31.2 Å². The molecule has 4 heteroatoms. The Morgan fingerprint density at radius 1 is 1.28 bits per heavy atom. The average Bonchev–Trinajstić information content (AvgIpc) is 2.27. The maximum Gasteiger partial charge on any atom is 0.254 e. The van der Waals surface area contributed by atoms with Gasteiger partial charge in [0.2, 0.25) is 0 Å². The minimum absolute atomic E-state index is 0. The van der Waals surface area contributed by atoms with Gasteiger partial charge in [-0.2, -0.15) is 0 Å². The molecule has 1 saturated heterocycles. The number of piperazine rings is 1. The molecule has 1 atom stereocenters. The lowest BCUT2D eigenvalue weighted by Crippen LogP contribution is -2.52. The van der Waals surface area contributed by atoms with E-state index in [1.54, 1.807) is 0 Å². The van der Waals surface area contributed by atoms with Gasteiger partial charge in [-0.15, -0.1) is 12.4 Å². The molecule has 1 aliphatic heterocycles. The summed E-state index contributed by atoms with van der Waals surface area (Å²) in [5, 5.41) is 3.30. The molecule has 1 aromatic rings.